The zero-order valence-corrected chi connectivity index (χ0v) is 11.2. The van der Waals surface area contributed by atoms with Crippen molar-refractivity contribution in [1.29, 1.82) is 0 Å². The Morgan fingerprint density at radius 1 is 1.41 bits per heavy atom. The fraction of sp³-hybridized carbons (Fsp3) is 0.923. The minimum absolute atomic E-state index is 0.164. The summed E-state index contributed by atoms with van der Waals surface area (Å²) in [6, 6.07) is 0.229. The van der Waals surface area contributed by atoms with Crippen molar-refractivity contribution in [2.24, 2.45) is 11.7 Å². The maximum Gasteiger partial charge on any atom is 0.220 e. The van der Waals surface area contributed by atoms with Crippen molar-refractivity contribution in [1.82, 2.24) is 10.2 Å². The van der Waals surface area contributed by atoms with Gasteiger partial charge in [-0.2, -0.15) is 0 Å². The molecule has 0 aliphatic heterocycles. The molecule has 0 aromatic rings. The summed E-state index contributed by atoms with van der Waals surface area (Å²) in [5, 5.41) is 2.98. The minimum atomic E-state index is 0.164. The standard InChI is InChI=1S/C13H27N3O/c1-3-16(2)9-8-15-13(17)10-11-6-4-5-7-12(11)14/h11-12H,3-10,14H2,1-2H3,(H,15,17). The molecule has 0 radical (unpaired) electrons. The van der Waals surface area contributed by atoms with Crippen LogP contribution in [-0.2, 0) is 4.79 Å². The molecular formula is C13H27N3O. The topological polar surface area (TPSA) is 58.4 Å². The Morgan fingerprint density at radius 2 is 2.12 bits per heavy atom. The van der Waals surface area contributed by atoms with Gasteiger partial charge < -0.3 is 16.0 Å². The zero-order valence-electron chi connectivity index (χ0n) is 11.2. The number of likely N-dealkylation sites (N-methyl/N-ethyl adjacent to an activating group) is 1. The second-order valence-corrected chi connectivity index (χ2v) is 5.16. The van der Waals surface area contributed by atoms with Crippen molar-refractivity contribution in [3.8, 4) is 0 Å². The van der Waals surface area contributed by atoms with Gasteiger partial charge in [-0.1, -0.05) is 19.8 Å². The van der Waals surface area contributed by atoms with Crippen LogP contribution in [0, 0.1) is 5.92 Å². The van der Waals surface area contributed by atoms with Crippen molar-refractivity contribution in [3.05, 3.63) is 0 Å². The molecule has 1 rings (SSSR count). The number of carbonyl (C=O) groups excluding carboxylic acids is 1. The lowest BCUT2D eigenvalue weighted by Crippen LogP contribution is -2.38. The van der Waals surface area contributed by atoms with E-state index in [1.165, 1.54) is 12.8 Å². The van der Waals surface area contributed by atoms with Crippen LogP contribution in [0.1, 0.15) is 39.0 Å². The summed E-state index contributed by atoms with van der Waals surface area (Å²) in [6.45, 7) is 4.79. The van der Waals surface area contributed by atoms with Gasteiger partial charge in [-0.15, -0.1) is 0 Å². The molecular weight excluding hydrogens is 214 g/mol. The number of nitrogens with two attached hydrogens (primary N) is 1. The fourth-order valence-electron chi connectivity index (χ4n) is 2.34. The Labute approximate surface area is 105 Å². The molecule has 0 aromatic carbocycles. The van der Waals surface area contributed by atoms with Crippen molar-refractivity contribution < 1.29 is 4.79 Å². The lowest BCUT2D eigenvalue weighted by atomic mass is 9.83. The van der Waals surface area contributed by atoms with Gasteiger partial charge >= 0.3 is 0 Å². The van der Waals surface area contributed by atoms with Crippen LogP contribution in [0.25, 0.3) is 0 Å². The van der Waals surface area contributed by atoms with Gasteiger partial charge in [-0.05, 0) is 32.4 Å². The van der Waals surface area contributed by atoms with Crippen LogP contribution in [0.15, 0.2) is 0 Å². The SMILES string of the molecule is CCN(C)CCNC(=O)CC1CCCCC1N. The zero-order chi connectivity index (χ0) is 12.7. The van der Waals surface area contributed by atoms with E-state index in [1.807, 2.05) is 0 Å². The van der Waals surface area contributed by atoms with Crippen molar-refractivity contribution in [2.45, 2.75) is 45.1 Å². The lowest BCUT2D eigenvalue weighted by molar-refractivity contribution is -0.122. The third-order valence-corrected chi connectivity index (χ3v) is 3.77. The summed E-state index contributed by atoms with van der Waals surface area (Å²) < 4.78 is 0. The predicted octanol–water partition coefficient (Wildman–Crippen LogP) is 0.962. The normalized spacial score (nSPS) is 24.9. The Balaban J connectivity index is 2.15. The Bertz CT molecular complexity index is 233. The first-order chi connectivity index (χ1) is 8.13. The highest BCUT2D eigenvalue weighted by molar-refractivity contribution is 5.76. The van der Waals surface area contributed by atoms with Crippen LogP contribution in [0.5, 0.6) is 0 Å². The molecule has 100 valence electrons. The minimum Gasteiger partial charge on any atom is -0.355 e. The first-order valence-corrected chi connectivity index (χ1v) is 6.84. The molecule has 4 nitrogen and oxygen atoms in total. The van der Waals surface area contributed by atoms with Crippen LogP contribution in [-0.4, -0.2) is 43.5 Å². The molecule has 0 bridgehead atoms. The van der Waals surface area contributed by atoms with Gasteiger partial charge in [0.05, 0.1) is 0 Å². The highest BCUT2D eigenvalue weighted by atomic mass is 16.1. The summed E-state index contributed by atoms with van der Waals surface area (Å²) in [6.07, 6.45) is 5.25. The molecule has 2 unspecified atom stereocenters. The smallest absolute Gasteiger partial charge is 0.220 e. The van der Waals surface area contributed by atoms with E-state index in [0.29, 0.717) is 12.3 Å². The van der Waals surface area contributed by atoms with Crippen LogP contribution in [0.3, 0.4) is 0 Å². The van der Waals surface area contributed by atoms with Crippen molar-refractivity contribution in [2.75, 3.05) is 26.7 Å². The average Bonchev–Trinajstić information content (AvgIpc) is 2.32. The first-order valence-electron chi connectivity index (χ1n) is 6.84. The van der Waals surface area contributed by atoms with Gasteiger partial charge in [0.2, 0.25) is 5.91 Å². The second-order valence-electron chi connectivity index (χ2n) is 5.16. The fourth-order valence-corrected chi connectivity index (χ4v) is 2.34. The van der Waals surface area contributed by atoms with Gasteiger partial charge in [-0.3, -0.25) is 4.79 Å². The number of carbonyl (C=O) groups is 1. The Kier molecular flexibility index (Phi) is 6.52. The van der Waals surface area contributed by atoms with E-state index < -0.39 is 0 Å². The maximum absolute atomic E-state index is 11.7. The van der Waals surface area contributed by atoms with E-state index >= 15 is 0 Å². The van der Waals surface area contributed by atoms with E-state index in [4.69, 9.17) is 5.73 Å². The molecule has 4 heteroatoms. The molecule has 0 aromatic heterocycles. The quantitative estimate of drug-likeness (QED) is 0.728. The summed E-state index contributed by atoms with van der Waals surface area (Å²) >= 11 is 0. The molecule has 1 fully saturated rings. The van der Waals surface area contributed by atoms with Crippen molar-refractivity contribution >= 4 is 5.91 Å². The molecule has 0 spiro atoms. The molecule has 1 amide bonds. The van der Waals surface area contributed by atoms with Gasteiger partial charge in [-0.25, -0.2) is 0 Å². The third-order valence-electron chi connectivity index (χ3n) is 3.77. The number of hydrogen-bond acceptors (Lipinski definition) is 3. The van der Waals surface area contributed by atoms with Gasteiger partial charge in [0.25, 0.3) is 0 Å². The van der Waals surface area contributed by atoms with Crippen molar-refractivity contribution in [3.63, 3.8) is 0 Å². The van der Waals surface area contributed by atoms with Crippen LogP contribution < -0.4 is 11.1 Å². The second kappa shape index (κ2) is 7.67. The number of nitrogens with zero attached hydrogens (tertiary/aromatic N) is 1. The number of nitrogens with one attached hydrogen (secondary N) is 1. The van der Waals surface area contributed by atoms with Crippen LogP contribution in [0.4, 0.5) is 0 Å². The Hall–Kier alpha value is -0.610. The Morgan fingerprint density at radius 3 is 2.76 bits per heavy atom. The maximum atomic E-state index is 11.7. The molecule has 1 aliphatic rings. The molecule has 1 saturated carbocycles. The monoisotopic (exact) mass is 241 g/mol. The van der Waals surface area contributed by atoms with Crippen LogP contribution >= 0.6 is 0 Å². The predicted molar refractivity (Wildman–Crippen MR) is 70.7 cm³/mol. The van der Waals surface area contributed by atoms with E-state index in [0.717, 1.165) is 32.5 Å². The summed E-state index contributed by atoms with van der Waals surface area (Å²) in [5.74, 6) is 0.560. The highest BCUT2D eigenvalue weighted by Crippen LogP contribution is 2.25. The molecule has 3 N–H and O–H groups in total. The van der Waals surface area contributed by atoms with Crippen LogP contribution in [0.2, 0.25) is 0 Å². The summed E-state index contributed by atoms with van der Waals surface area (Å²) in [4.78, 5) is 13.9. The largest absolute Gasteiger partial charge is 0.355 e. The average molecular weight is 241 g/mol. The van der Waals surface area contributed by atoms with Gasteiger partial charge in [0.15, 0.2) is 0 Å². The summed E-state index contributed by atoms with van der Waals surface area (Å²) in [7, 11) is 2.06. The number of amides is 1. The number of rotatable bonds is 6. The molecule has 17 heavy (non-hydrogen) atoms. The lowest BCUT2D eigenvalue weighted by Gasteiger charge is -2.28. The number of hydrogen-bond donors (Lipinski definition) is 2. The van der Waals surface area contributed by atoms with Gasteiger partial charge in [0, 0.05) is 25.6 Å². The molecule has 1 aliphatic carbocycles. The summed E-state index contributed by atoms with van der Waals surface area (Å²) in [5.41, 5.74) is 6.04. The van der Waals surface area contributed by atoms with E-state index in [-0.39, 0.29) is 11.9 Å². The third kappa shape index (κ3) is 5.50. The molecule has 0 saturated heterocycles. The van der Waals surface area contributed by atoms with E-state index in [1.54, 1.807) is 0 Å². The molecule has 0 heterocycles. The van der Waals surface area contributed by atoms with Gasteiger partial charge in [0.1, 0.15) is 0 Å². The first kappa shape index (κ1) is 14.5. The van der Waals surface area contributed by atoms with E-state index in [2.05, 4.69) is 24.2 Å². The van der Waals surface area contributed by atoms with E-state index in [9.17, 15) is 4.79 Å². The highest BCUT2D eigenvalue weighted by Gasteiger charge is 2.23. The molecule has 2 atom stereocenters.